The summed E-state index contributed by atoms with van der Waals surface area (Å²) in [7, 11) is 0. The molecule has 0 spiro atoms. The van der Waals surface area contributed by atoms with Gasteiger partial charge in [-0.15, -0.1) is 0 Å². The Morgan fingerprint density at radius 2 is 1.92 bits per heavy atom. The highest BCUT2D eigenvalue weighted by Gasteiger charge is 2.49. The molecule has 3 unspecified atom stereocenters. The molecule has 2 rings (SSSR count). The highest BCUT2D eigenvalue weighted by molar-refractivity contribution is 5.87. The van der Waals surface area contributed by atoms with Crippen molar-refractivity contribution < 1.29 is 28.3 Å². The van der Waals surface area contributed by atoms with Gasteiger partial charge >= 0.3 is 5.97 Å². The number of hydrogen-bond acceptors (Lipinski definition) is 3. The van der Waals surface area contributed by atoms with E-state index in [4.69, 9.17) is 0 Å². The molecule has 1 aliphatic carbocycles. The highest BCUT2D eigenvalue weighted by atomic mass is 19.1. The van der Waals surface area contributed by atoms with Crippen molar-refractivity contribution >= 4 is 17.8 Å². The Hall–Kier alpha value is -2.51. The molecule has 8 heteroatoms. The molecule has 0 radical (unpaired) electrons. The number of carboxylic acids is 1. The zero-order valence-electron chi connectivity index (χ0n) is 14.0. The summed E-state index contributed by atoms with van der Waals surface area (Å²) >= 11 is 0. The Morgan fingerprint density at radius 1 is 1.32 bits per heavy atom. The van der Waals surface area contributed by atoms with E-state index in [1.54, 1.807) is 0 Å². The van der Waals surface area contributed by atoms with Gasteiger partial charge in [0.1, 0.15) is 17.7 Å². The number of aliphatic carboxylic acids is 1. The third-order valence-corrected chi connectivity index (χ3v) is 4.31. The summed E-state index contributed by atoms with van der Waals surface area (Å²) in [5.41, 5.74) is -0.134. The fraction of sp³-hybridized carbons (Fsp3) is 0.471. The number of nitrogens with zero attached hydrogens (tertiary/aromatic N) is 1. The quantitative estimate of drug-likeness (QED) is 0.777. The van der Waals surface area contributed by atoms with Crippen LogP contribution in [0.2, 0.25) is 0 Å². The number of halogens is 2. The lowest BCUT2D eigenvalue weighted by atomic mass is 10.1. The molecule has 2 N–H and O–H groups in total. The van der Waals surface area contributed by atoms with Gasteiger partial charge in [0.05, 0.1) is 0 Å². The molecular weight excluding hydrogens is 334 g/mol. The summed E-state index contributed by atoms with van der Waals surface area (Å²) in [6, 6.07) is 2.41. The molecule has 0 saturated heterocycles. The van der Waals surface area contributed by atoms with E-state index in [1.807, 2.05) is 0 Å². The van der Waals surface area contributed by atoms with Crippen LogP contribution in [0.4, 0.5) is 8.78 Å². The second-order valence-electron chi connectivity index (χ2n) is 6.11. The first-order chi connectivity index (χ1) is 11.7. The Labute approximate surface area is 143 Å². The van der Waals surface area contributed by atoms with Crippen molar-refractivity contribution in [3.63, 3.8) is 0 Å². The molecule has 0 heterocycles. The van der Waals surface area contributed by atoms with Crippen LogP contribution in [0.5, 0.6) is 0 Å². The summed E-state index contributed by atoms with van der Waals surface area (Å²) in [5.74, 6) is -4.65. The van der Waals surface area contributed by atoms with Crippen LogP contribution >= 0.6 is 0 Å². The first kappa shape index (κ1) is 18.8. The van der Waals surface area contributed by atoms with Gasteiger partial charge in [-0.1, -0.05) is 6.07 Å². The zero-order valence-corrected chi connectivity index (χ0v) is 14.0. The van der Waals surface area contributed by atoms with Crippen LogP contribution in [0.25, 0.3) is 0 Å². The highest BCUT2D eigenvalue weighted by Crippen LogP contribution is 2.50. The summed E-state index contributed by atoms with van der Waals surface area (Å²) in [4.78, 5) is 36.0. The van der Waals surface area contributed by atoms with Crippen molar-refractivity contribution in [3.05, 3.63) is 35.4 Å². The number of hydrogen-bond donors (Lipinski definition) is 2. The molecule has 0 aromatic heterocycles. The summed E-state index contributed by atoms with van der Waals surface area (Å²) < 4.78 is 27.7. The van der Waals surface area contributed by atoms with E-state index in [2.05, 4.69) is 5.32 Å². The summed E-state index contributed by atoms with van der Waals surface area (Å²) in [6.07, 6.45) is 0.264. The Kier molecular flexibility index (Phi) is 5.71. The number of nitrogens with one attached hydrogen (secondary N) is 1. The molecule has 1 aliphatic rings. The first-order valence-corrected chi connectivity index (χ1v) is 7.95. The van der Waals surface area contributed by atoms with Crippen LogP contribution in [0.1, 0.15) is 31.7 Å². The van der Waals surface area contributed by atoms with E-state index >= 15 is 0 Å². The monoisotopic (exact) mass is 354 g/mol. The third-order valence-electron chi connectivity index (χ3n) is 4.31. The fourth-order valence-corrected chi connectivity index (χ4v) is 2.85. The minimum Gasteiger partial charge on any atom is -0.480 e. The van der Waals surface area contributed by atoms with Crippen molar-refractivity contribution in [3.8, 4) is 0 Å². The Bertz CT molecular complexity index is 675. The maximum atomic E-state index is 13.9. The lowest BCUT2D eigenvalue weighted by Crippen LogP contribution is -2.47. The number of carbonyl (C=O) groups is 3. The topological polar surface area (TPSA) is 86.7 Å². The van der Waals surface area contributed by atoms with Gasteiger partial charge in [0, 0.05) is 37.4 Å². The lowest BCUT2D eigenvalue weighted by Gasteiger charge is -2.27. The van der Waals surface area contributed by atoms with Crippen molar-refractivity contribution in [1.82, 2.24) is 10.2 Å². The zero-order chi connectivity index (χ0) is 18.7. The van der Waals surface area contributed by atoms with Crippen molar-refractivity contribution in [2.24, 2.45) is 5.92 Å². The van der Waals surface area contributed by atoms with E-state index in [0.29, 0.717) is 0 Å². The smallest absolute Gasteiger partial charge is 0.326 e. The van der Waals surface area contributed by atoms with Gasteiger partial charge in [-0.25, -0.2) is 13.6 Å². The second-order valence-corrected chi connectivity index (χ2v) is 6.11. The SMILES string of the molecule is CC(=O)NCCN(C(=O)C1CC1c1c(F)cccc1F)C(C)C(=O)O. The average Bonchev–Trinajstić information content (AvgIpc) is 3.30. The van der Waals surface area contributed by atoms with Crippen LogP contribution in [0.15, 0.2) is 18.2 Å². The van der Waals surface area contributed by atoms with E-state index in [1.165, 1.54) is 19.9 Å². The average molecular weight is 354 g/mol. The third kappa shape index (κ3) is 4.32. The fourth-order valence-electron chi connectivity index (χ4n) is 2.85. The normalized spacial score (nSPS) is 19.8. The molecule has 0 aliphatic heterocycles. The maximum Gasteiger partial charge on any atom is 0.326 e. The van der Waals surface area contributed by atoms with Gasteiger partial charge in [0.2, 0.25) is 11.8 Å². The van der Waals surface area contributed by atoms with E-state index < -0.39 is 41.4 Å². The van der Waals surface area contributed by atoms with Crippen molar-refractivity contribution in [2.45, 2.75) is 32.2 Å². The van der Waals surface area contributed by atoms with Gasteiger partial charge in [-0.05, 0) is 25.5 Å². The number of carboxylic acid groups (broad SMARTS) is 1. The number of carbonyl (C=O) groups excluding carboxylic acids is 2. The molecule has 1 saturated carbocycles. The van der Waals surface area contributed by atoms with Gasteiger partial charge < -0.3 is 15.3 Å². The number of benzene rings is 1. The standard InChI is InChI=1S/C17H20F2N2O4/c1-9(17(24)25)21(7-6-20-10(2)22)16(23)12-8-11(12)15-13(18)4-3-5-14(15)19/h3-5,9,11-12H,6-8H2,1-2H3,(H,20,22)(H,24,25). The van der Waals surface area contributed by atoms with Gasteiger partial charge in [-0.2, -0.15) is 0 Å². The van der Waals surface area contributed by atoms with E-state index in [9.17, 15) is 28.3 Å². The molecule has 3 atom stereocenters. The largest absolute Gasteiger partial charge is 0.480 e. The predicted molar refractivity (Wildman–Crippen MR) is 84.7 cm³/mol. The number of amides is 2. The molecule has 1 aromatic rings. The second kappa shape index (κ2) is 7.58. The van der Waals surface area contributed by atoms with Crippen LogP contribution in [-0.4, -0.2) is 46.9 Å². The summed E-state index contributed by atoms with van der Waals surface area (Å²) in [5, 5.41) is 11.7. The molecule has 136 valence electrons. The number of rotatable bonds is 7. The minimum atomic E-state index is -1.19. The van der Waals surface area contributed by atoms with Crippen LogP contribution in [-0.2, 0) is 14.4 Å². The molecule has 0 bridgehead atoms. The molecular formula is C17H20F2N2O4. The molecule has 25 heavy (non-hydrogen) atoms. The van der Waals surface area contributed by atoms with Crippen LogP contribution < -0.4 is 5.32 Å². The first-order valence-electron chi connectivity index (χ1n) is 7.95. The van der Waals surface area contributed by atoms with Crippen LogP contribution in [0.3, 0.4) is 0 Å². The summed E-state index contributed by atoms with van der Waals surface area (Å²) in [6.45, 7) is 2.78. The Balaban J connectivity index is 2.12. The Morgan fingerprint density at radius 3 is 2.44 bits per heavy atom. The predicted octanol–water partition coefficient (Wildman–Crippen LogP) is 1.51. The van der Waals surface area contributed by atoms with E-state index in [0.717, 1.165) is 17.0 Å². The van der Waals surface area contributed by atoms with Crippen molar-refractivity contribution in [2.75, 3.05) is 13.1 Å². The maximum absolute atomic E-state index is 13.9. The van der Waals surface area contributed by atoms with Gasteiger partial charge in [-0.3, -0.25) is 9.59 Å². The lowest BCUT2D eigenvalue weighted by molar-refractivity contribution is -0.150. The molecule has 1 aromatic carbocycles. The van der Waals surface area contributed by atoms with Gasteiger partial charge in [0.15, 0.2) is 0 Å². The molecule has 6 nitrogen and oxygen atoms in total. The minimum absolute atomic E-state index is 0.00878. The molecule has 1 fully saturated rings. The van der Waals surface area contributed by atoms with E-state index in [-0.39, 0.29) is 31.0 Å². The van der Waals surface area contributed by atoms with Crippen molar-refractivity contribution in [1.29, 1.82) is 0 Å². The van der Waals surface area contributed by atoms with Gasteiger partial charge in [0.25, 0.3) is 0 Å². The van der Waals surface area contributed by atoms with Crippen LogP contribution in [0, 0.1) is 17.6 Å². The molecule has 2 amide bonds.